The van der Waals surface area contributed by atoms with E-state index in [1.54, 1.807) is 4.90 Å². The molecule has 1 saturated heterocycles. The maximum absolute atomic E-state index is 13.0. The van der Waals surface area contributed by atoms with Crippen LogP contribution in [0.1, 0.15) is 40.9 Å². The average Bonchev–Trinajstić information content (AvgIpc) is 3.39. The summed E-state index contributed by atoms with van der Waals surface area (Å²) in [5.74, 6) is 0.122. The van der Waals surface area contributed by atoms with Crippen LogP contribution in [0.5, 0.6) is 0 Å². The molecule has 1 aliphatic rings. The third-order valence-electron chi connectivity index (χ3n) is 5.45. The molecule has 0 spiro atoms. The van der Waals surface area contributed by atoms with E-state index < -0.39 is 17.8 Å². The highest BCUT2D eigenvalue weighted by atomic mass is 19.4. The maximum Gasteiger partial charge on any atom is 0.416 e. The highest BCUT2D eigenvalue weighted by Crippen LogP contribution is 2.32. The first-order valence-corrected chi connectivity index (χ1v) is 10.1. The second kappa shape index (κ2) is 8.73. The molecular formula is C21H22F3N5O3. The van der Waals surface area contributed by atoms with Crippen molar-refractivity contribution in [1.82, 2.24) is 25.2 Å². The van der Waals surface area contributed by atoms with Gasteiger partial charge in [0.15, 0.2) is 6.10 Å². The third kappa shape index (κ3) is 4.67. The van der Waals surface area contributed by atoms with Crippen LogP contribution < -0.4 is 0 Å². The van der Waals surface area contributed by atoms with Gasteiger partial charge in [-0.3, -0.25) is 9.89 Å². The van der Waals surface area contributed by atoms with Crippen LogP contribution in [0.2, 0.25) is 0 Å². The Morgan fingerprint density at radius 1 is 1.31 bits per heavy atom. The van der Waals surface area contributed by atoms with Gasteiger partial charge in [-0.25, -0.2) is 0 Å². The smallest absolute Gasteiger partial charge is 0.365 e. The quantitative estimate of drug-likeness (QED) is 0.639. The summed E-state index contributed by atoms with van der Waals surface area (Å²) >= 11 is 0. The lowest BCUT2D eigenvalue weighted by Gasteiger charge is -2.31. The van der Waals surface area contributed by atoms with Crippen molar-refractivity contribution >= 4 is 5.91 Å². The number of benzene rings is 1. The molecule has 3 aromatic rings. The summed E-state index contributed by atoms with van der Waals surface area (Å²) in [6, 6.07) is 4.70. The van der Waals surface area contributed by atoms with Gasteiger partial charge < -0.3 is 14.2 Å². The number of alkyl halides is 3. The Kier molecular flexibility index (Phi) is 6.00. The number of hydrogen-bond acceptors (Lipinski definition) is 6. The molecule has 1 aromatic carbocycles. The Hall–Kier alpha value is -3.21. The number of rotatable bonds is 5. The lowest BCUT2D eigenvalue weighted by molar-refractivity contribution is -0.140. The molecule has 11 heteroatoms. The van der Waals surface area contributed by atoms with Gasteiger partial charge in [-0.1, -0.05) is 17.3 Å². The summed E-state index contributed by atoms with van der Waals surface area (Å²) in [5.41, 5.74) is 2.25. The molecule has 1 N–H and O–H groups in total. The summed E-state index contributed by atoms with van der Waals surface area (Å²) in [6.07, 6.45) is -4.21. The standard InChI is InChI=1S/C21H22F3N5O3/c1-12-16(13(2)27-26-12)6-7-18(30)29-8-9-31-17(11-29)20-25-19(28-32-20)14-4-3-5-15(10-14)21(22,23)24/h3-5,10,17H,6-9,11H2,1-2H3,(H,26,27). The molecule has 0 aliphatic carbocycles. The van der Waals surface area contributed by atoms with Gasteiger partial charge in [-0.2, -0.15) is 23.3 Å². The van der Waals surface area contributed by atoms with E-state index in [2.05, 4.69) is 20.3 Å². The van der Waals surface area contributed by atoms with Gasteiger partial charge in [0.25, 0.3) is 5.89 Å². The van der Waals surface area contributed by atoms with Gasteiger partial charge in [0, 0.05) is 24.2 Å². The van der Waals surface area contributed by atoms with Gasteiger partial charge in [0.1, 0.15) is 0 Å². The molecule has 1 fully saturated rings. The topological polar surface area (TPSA) is 97.1 Å². The van der Waals surface area contributed by atoms with Crippen LogP contribution in [0.3, 0.4) is 0 Å². The first-order chi connectivity index (χ1) is 15.2. The Morgan fingerprint density at radius 3 is 2.84 bits per heavy atom. The highest BCUT2D eigenvalue weighted by Gasteiger charge is 2.32. The number of aromatic nitrogens is 4. The van der Waals surface area contributed by atoms with Crippen molar-refractivity contribution in [3.63, 3.8) is 0 Å². The zero-order valence-corrected chi connectivity index (χ0v) is 17.6. The second-order valence-corrected chi connectivity index (χ2v) is 7.65. The number of carbonyl (C=O) groups excluding carboxylic acids is 1. The Balaban J connectivity index is 1.42. The summed E-state index contributed by atoms with van der Waals surface area (Å²) in [7, 11) is 0. The number of nitrogens with zero attached hydrogens (tertiary/aromatic N) is 4. The molecule has 8 nitrogen and oxygen atoms in total. The Morgan fingerprint density at radius 2 is 2.12 bits per heavy atom. The van der Waals surface area contributed by atoms with Crippen LogP contribution in [0, 0.1) is 13.8 Å². The zero-order chi connectivity index (χ0) is 22.9. The first kappa shape index (κ1) is 22.0. The van der Waals surface area contributed by atoms with Crippen LogP contribution in [-0.4, -0.2) is 50.8 Å². The molecule has 0 saturated carbocycles. The zero-order valence-electron chi connectivity index (χ0n) is 17.6. The Labute approximate surface area is 181 Å². The third-order valence-corrected chi connectivity index (χ3v) is 5.45. The number of nitrogens with one attached hydrogen (secondary N) is 1. The van der Waals surface area contributed by atoms with Crippen LogP contribution in [0.4, 0.5) is 13.2 Å². The molecule has 2 aromatic heterocycles. The fourth-order valence-corrected chi connectivity index (χ4v) is 3.68. The molecule has 170 valence electrons. The van der Waals surface area contributed by atoms with Gasteiger partial charge in [-0.05, 0) is 38.0 Å². The Bertz CT molecular complexity index is 1090. The number of H-pyrrole nitrogens is 1. The van der Waals surface area contributed by atoms with E-state index in [-0.39, 0.29) is 29.7 Å². The van der Waals surface area contributed by atoms with E-state index in [0.29, 0.717) is 26.0 Å². The van der Waals surface area contributed by atoms with Crippen molar-refractivity contribution in [3.05, 3.63) is 52.7 Å². The summed E-state index contributed by atoms with van der Waals surface area (Å²) < 4.78 is 49.8. The number of carbonyl (C=O) groups is 1. The maximum atomic E-state index is 13.0. The van der Waals surface area contributed by atoms with Crippen molar-refractivity contribution in [3.8, 4) is 11.4 Å². The molecule has 0 bridgehead atoms. The van der Waals surface area contributed by atoms with Crippen molar-refractivity contribution in [1.29, 1.82) is 0 Å². The van der Waals surface area contributed by atoms with Crippen molar-refractivity contribution in [2.45, 2.75) is 39.0 Å². The highest BCUT2D eigenvalue weighted by molar-refractivity contribution is 5.76. The predicted molar refractivity (Wildman–Crippen MR) is 106 cm³/mol. The van der Waals surface area contributed by atoms with Gasteiger partial charge in [-0.15, -0.1) is 0 Å². The normalized spacial score (nSPS) is 17.0. The number of morpholine rings is 1. The molecule has 32 heavy (non-hydrogen) atoms. The average molecular weight is 449 g/mol. The largest absolute Gasteiger partial charge is 0.416 e. The van der Waals surface area contributed by atoms with Crippen LogP contribution in [0.15, 0.2) is 28.8 Å². The lowest BCUT2D eigenvalue weighted by atomic mass is 10.1. The van der Waals surface area contributed by atoms with E-state index >= 15 is 0 Å². The molecule has 3 heterocycles. The molecule has 1 aliphatic heterocycles. The SMILES string of the molecule is Cc1n[nH]c(C)c1CCC(=O)N1CCOC(c2nc(-c3cccc(C(F)(F)F)c3)no2)C1. The molecule has 1 unspecified atom stereocenters. The fraction of sp³-hybridized carbons (Fsp3) is 0.429. The van der Waals surface area contributed by atoms with Crippen molar-refractivity contribution < 1.29 is 27.2 Å². The van der Waals surface area contributed by atoms with E-state index in [0.717, 1.165) is 29.1 Å². The molecule has 1 atom stereocenters. The predicted octanol–water partition coefficient (Wildman–Crippen LogP) is 3.63. The summed E-state index contributed by atoms with van der Waals surface area (Å²) in [5, 5.41) is 10.9. The van der Waals surface area contributed by atoms with E-state index in [9.17, 15) is 18.0 Å². The van der Waals surface area contributed by atoms with Crippen LogP contribution >= 0.6 is 0 Å². The number of hydrogen-bond donors (Lipinski definition) is 1. The minimum Gasteiger partial charge on any atom is -0.365 e. The van der Waals surface area contributed by atoms with Crippen LogP contribution in [0.25, 0.3) is 11.4 Å². The minimum atomic E-state index is -4.47. The fourth-order valence-electron chi connectivity index (χ4n) is 3.68. The van der Waals surface area contributed by atoms with Crippen LogP contribution in [-0.2, 0) is 22.1 Å². The summed E-state index contributed by atoms with van der Waals surface area (Å²) in [6.45, 7) is 4.77. The van der Waals surface area contributed by atoms with E-state index in [1.807, 2.05) is 13.8 Å². The van der Waals surface area contributed by atoms with Gasteiger partial charge >= 0.3 is 6.18 Å². The molecule has 1 amide bonds. The minimum absolute atomic E-state index is 0.0315. The number of ether oxygens (including phenoxy) is 1. The molecular weight excluding hydrogens is 427 g/mol. The van der Waals surface area contributed by atoms with Gasteiger partial charge in [0.2, 0.25) is 11.7 Å². The number of halogens is 3. The van der Waals surface area contributed by atoms with Crippen molar-refractivity contribution in [2.24, 2.45) is 0 Å². The number of aryl methyl sites for hydroxylation is 2. The molecule has 0 radical (unpaired) electrons. The van der Waals surface area contributed by atoms with Gasteiger partial charge in [0.05, 0.1) is 24.4 Å². The second-order valence-electron chi connectivity index (χ2n) is 7.65. The lowest BCUT2D eigenvalue weighted by Crippen LogP contribution is -2.42. The van der Waals surface area contributed by atoms with E-state index in [4.69, 9.17) is 9.26 Å². The number of aromatic amines is 1. The summed E-state index contributed by atoms with van der Waals surface area (Å²) in [4.78, 5) is 18.6. The van der Waals surface area contributed by atoms with Crippen molar-refractivity contribution in [2.75, 3.05) is 19.7 Å². The first-order valence-electron chi connectivity index (χ1n) is 10.1. The van der Waals surface area contributed by atoms with E-state index in [1.165, 1.54) is 12.1 Å². The monoisotopic (exact) mass is 449 g/mol. The molecule has 4 rings (SSSR count). The number of amides is 1.